The number of halogens is 4. The van der Waals surface area contributed by atoms with Gasteiger partial charge in [-0.25, -0.2) is 4.39 Å². The fraction of sp³-hybridized carbons (Fsp3) is 0.273. The molecule has 0 atom stereocenters. The van der Waals surface area contributed by atoms with E-state index in [0.29, 0.717) is 5.56 Å². The summed E-state index contributed by atoms with van der Waals surface area (Å²) in [6.07, 6.45) is -4.27. The van der Waals surface area contributed by atoms with E-state index < -0.39 is 17.6 Å². The van der Waals surface area contributed by atoms with E-state index in [0.717, 1.165) is 0 Å². The monoisotopic (exact) mass is 218 g/mol. The van der Waals surface area contributed by atoms with Gasteiger partial charge in [0.15, 0.2) is 0 Å². The smallest absolute Gasteiger partial charge is 0.207 e. The Balaban J connectivity index is 2.51. The lowest BCUT2D eigenvalue weighted by Crippen LogP contribution is -2.11. The van der Waals surface area contributed by atoms with Gasteiger partial charge in [-0.3, -0.25) is 0 Å². The summed E-state index contributed by atoms with van der Waals surface area (Å²) in [7, 11) is 0. The number of allylic oxidation sites excluding steroid dienone is 1. The zero-order valence-electron chi connectivity index (χ0n) is 7.94. The van der Waals surface area contributed by atoms with Crippen molar-refractivity contribution in [2.24, 2.45) is 0 Å². The molecular formula is C11H10F4. The molecule has 0 nitrogen and oxygen atoms in total. The number of hydrogen-bond acceptors (Lipinski definition) is 0. The van der Waals surface area contributed by atoms with E-state index in [2.05, 4.69) is 6.58 Å². The Morgan fingerprint density at radius 3 is 2.13 bits per heavy atom. The summed E-state index contributed by atoms with van der Waals surface area (Å²) in [6.45, 7) is 2.96. The third-order valence-corrected chi connectivity index (χ3v) is 2.03. The van der Waals surface area contributed by atoms with Gasteiger partial charge in [0.25, 0.3) is 0 Å². The molecule has 0 saturated heterocycles. The normalized spacial score (nSPS) is 11.5. The molecule has 0 aliphatic heterocycles. The van der Waals surface area contributed by atoms with Crippen molar-refractivity contribution < 1.29 is 17.6 Å². The first-order chi connectivity index (χ1) is 6.89. The van der Waals surface area contributed by atoms with Crippen LogP contribution in [0, 0.1) is 5.82 Å². The molecule has 4 heteroatoms. The van der Waals surface area contributed by atoms with Crippen LogP contribution < -0.4 is 0 Å². The van der Waals surface area contributed by atoms with E-state index in [1.807, 2.05) is 0 Å². The Kier molecular flexibility index (Phi) is 3.50. The molecule has 15 heavy (non-hydrogen) atoms. The van der Waals surface area contributed by atoms with Crippen LogP contribution >= 0.6 is 0 Å². The van der Waals surface area contributed by atoms with Crippen molar-refractivity contribution in [1.82, 2.24) is 0 Å². The SMILES string of the molecule is C=C(CCc1ccc(F)cc1)C(F)(F)F. The number of alkyl halides is 3. The Morgan fingerprint density at radius 2 is 1.67 bits per heavy atom. The summed E-state index contributed by atoms with van der Waals surface area (Å²) in [5.41, 5.74) is -0.0892. The second-order valence-corrected chi connectivity index (χ2v) is 3.23. The predicted octanol–water partition coefficient (Wildman–Crippen LogP) is 3.88. The van der Waals surface area contributed by atoms with Gasteiger partial charge >= 0.3 is 6.18 Å². The van der Waals surface area contributed by atoms with Gasteiger partial charge in [0.1, 0.15) is 5.82 Å². The van der Waals surface area contributed by atoms with Crippen molar-refractivity contribution in [3.05, 3.63) is 47.8 Å². The summed E-state index contributed by atoms with van der Waals surface area (Å²) in [5.74, 6) is -0.395. The fourth-order valence-electron chi connectivity index (χ4n) is 1.09. The van der Waals surface area contributed by atoms with Crippen molar-refractivity contribution in [2.75, 3.05) is 0 Å². The molecule has 0 unspecified atom stereocenters. The lowest BCUT2D eigenvalue weighted by atomic mass is 10.1. The molecule has 1 aromatic rings. The molecular weight excluding hydrogens is 208 g/mol. The lowest BCUT2D eigenvalue weighted by Gasteiger charge is -2.09. The Hall–Kier alpha value is -1.32. The van der Waals surface area contributed by atoms with E-state index >= 15 is 0 Å². The highest BCUT2D eigenvalue weighted by molar-refractivity contribution is 5.18. The van der Waals surface area contributed by atoms with Gasteiger partial charge in [-0.05, 0) is 30.5 Å². The molecule has 0 saturated carbocycles. The first kappa shape index (κ1) is 11.8. The van der Waals surface area contributed by atoms with Gasteiger partial charge in [0, 0.05) is 5.57 Å². The topological polar surface area (TPSA) is 0 Å². The summed E-state index contributed by atoms with van der Waals surface area (Å²) >= 11 is 0. The quantitative estimate of drug-likeness (QED) is 0.533. The van der Waals surface area contributed by atoms with E-state index in [1.165, 1.54) is 24.3 Å². The second kappa shape index (κ2) is 4.47. The molecule has 0 amide bonds. The largest absolute Gasteiger partial charge is 0.412 e. The number of hydrogen-bond donors (Lipinski definition) is 0. The highest BCUT2D eigenvalue weighted by Crippen LogP contribution is 2.27. The van der Waals surface area contributed by atoms with Gasteiger partial charge in [-0.1, -0.05) is 18.7 Å². The van der Waals surface area contributed by atoms with Crippen LogP contribution in [0.2, 0.25) is 0 Å². The minimum Gasteiger partial charge on any atom is -0.207 e. The van der Waals surface area contributed by atoms with Gasteiger partial charge in [-0.2, -0.15) is 13.2 Å². The maximum Gasteiger partial charge on any atom is 0.412 e. The van der Waals surface area contributed by atoms with Crippen LogP contribution in [0.1, 0.15) is 12.0 Å². The van der Waals surface area contributed by atoms with Gasteiger partial charge in [0.05, 0.1) is 0 Å². The first-order valence-corrected chi connectivity index (χ1v) is 4.39. The van der Waals surface area contributed by atoms with Crippen molar-refractivity contribution in [1.29, 1.82) is 0 Å². The van der Waals surface area contributed by atoms with Crippen LogP contribution in [0.15, 0.2) is 36.4 Å². The zero-order valence-corrected chi connectivity index (χ0v) is 7.94. The van der Waals surface area contributed by atoms with Crippen molar-refractivity contribution >= 4 is 0 Å². The van der Waals surface area contributed by atoms with Gasteiger partial charge < -0.3 is 0 Å². The van der Waals surface area contributed by atoms with E-state index in [4.69, 9.17) is 0 Å². The average Bonchev–Trinajstić information content (AvgIpc) is 2.15. The van der Waals surface area contributed by atoms with Gasteiger partial charge in [-0.15, -0.1) is 0 Å². The fourth-order valence-corrected chi connectivity index (χ4v) is 1.09. The number of rotatable bonds is 3. The molecule has 1 aromatic carbocycles. The maximum absolute atomic E-state index is 12.5. The third-order valence-electron chi connectivity index (χ3n) is 2.03. The van der Waals surface area contributed by atoms with Crippen molar-refractivity contribution in [2.45, 2.75) is 19.0 Å². The molecule has 0 bridgehead atoms. The standard InChI is InChI=1S/C11H10F4/c1-8(11(13,14)15)2-3-9-4-6-10(12)7-5-9/h4-7H,1-3H2. The highest BCUT2D eigenvalue weighted by atomic mass is 19.4. The second-order valence-electron chi connectivity index (χ2n) is 3.23. The minimum absolute atomic E-state index is 0.158. The summed E-state index contributed by atoms with van der Waals surface area (Å²) in [5, 5.41) is 0. The number of benzene rings is 1. The maximum atomic E-state index is 12.5. The van der Waals surface area contributed by atoms with E-state index in [9.17, 15) is 17.6 Å². The van der Waals surface area contributed by atoms with Crippen molar-refractivity contribution in [3.8, 4) is 0 Å². The van der Waals surface area contributed by atoms with Crippen molar-refractivity contribution in [3.63, 3.8) is 0 Å². The summed E-state index contributed by atoms with van der Waals surface area (Å²) < 4.78 is 48.6. The van der Waals surface area contributed by atoms with Crippen LogP contribution in [-0.2, 0) is 6.42 Å². The molecule has 0 aromatic heterocycles. The molecule has 0 fully saturated rings. The highest BCUT2D eigenvalue weighted by Gasteiger charge is 2.30. The third kappa shape index (κ3) is 3.73. The minimum atomic E-state index is -4.33. The Morgan fingerprint density at radius 1 is 1.13 bits per heavy atom. The van der Waals surface area contributed by atoms with E-state index in [-0.39, 0.29) is 12.8 Å². The predicted molar refractivity (Wildman–Crippen MR) is 49.9 cm³/mol. The molecule has 0 radical (unpaired) electrons. The van der Waals surface area contributed by atoms with Crippen LogP contribution in [0.5, 0.6) is 0 Å². The molecule has 0 aliphatic carbocycles. The summed E-state index contributed by atoms with van der Waals surface area (Å²) in [4.78, 5) is 0. The molecule has 0 aliphatic rings. The molecule has 82 valence electrons. The van der Waals surface area contributed by atoms with Crippen LogP contribution in [0.3, 0.4) is 0 Å². The van der Waals surface area contributed by atoms with E-state index in [1.54, 1.807) is 0 Å². The first-order valence-electron chi connectivity index (χ1n) is 4.39. The zero-order chi connectivity index (χ0) is 11.5. The van der Waals surface area contributed by atoms with Crippen LogP contribution in [0.4, 0.5) is 17.6 Å². The number of aryl methyl sites for hydroxylation is 1. The summed E-state index contributed by atoms with van der Waals surface area (Å²) in [6, 6.07) is 5.40. The molecule has 0 N–H and O–H groups in total. The molecule has 0 spiro atoms. The Labute approximate surface area is 85.2 Å². The van der Waals surface area contributed by atoms with Crippen LogP contribution in [0.25, 0.3) is 0 Å². The molecule has 1 rings (SSSR count). The van der Waals surface area contributed by atoms with Crippen LogP contribution in [-0.4, -0.2) is 6.18 Å². The van der Waals surface area contributed by atoms with Gasteiger partial charge in [0.2, 0.25) is 0 Å². The lowest BCUT2D eigenvalue weighted by molar-refractivity contribution is -0.0935. The molecule has 0 heterocycles. The Bertz CT molecular complexity index is 335. The average molecular weight is 218 g/mol.